The average Bonchev–Trinajstić information content (AvgIpc) is 2.88. The van der Waals surface area contributed by atoms with Gasteiger partial charge in [0.25, 0.3) is 0 Å². The largest absolute Gasteiger partial charge is 0.504 e. The van der Waals surface area contributed by atoms with Gasteiger partial charge in [0, 0.05) is 12.8 Å². The molecule has 2 aromatic carbocycles. The summed E-state index contributed by atoms with van der Waals surface area (Å²) < 4.78 is 0. The summed E-state index contributed by atoms with van der Waals surface area (Å²) in [6.45, 7) is 2.72. The highest BCUT2D eigenvalue weighted by molar-refractivity contribution is 5.92. The van der Waals surface area contributed by atoms with Gasteiger partial charge in [-0.05, 0) is 61.4 Å². The number of benzene rings is 2. The van der Waals surface area contributed by atoms with Crippen LogP contribution in [0.1, 0.15) is 37.8 Å². The van der Waals surface area contributed by atoms with Crippen molar-refractivity contribution < 1.29 is 59.5 Å². The zero-order valence-corrected chi connectivity index (χ0v) is 21.0. The Labute approximate surface area is 222 Å². The van der Waals surface area contributed by atoms with Crippen molar-refractivity contribution in [3.8, 4) is 23.0 Å². The van der Waals surface area contributed by atoms with Crippen molar-refractivity contribution in [1.82, 2.24) is 0 Å². The van der Waals surface area contributed by atoms with E-state index in [0.717, 1.165) is 0 Å². The molecule has 0 heterocycles. The second-order valence-corrected chi connectivity index (χ2v) is 9.01. The van der Waals surface area contributed by atoms with Crippen molar-refractivity contribution in [2.24, 2.45) is 0 Å². The highest BCUT2D eigenvalue weighted by Crippen LogP contribution is 2.36. The minimum atomic E-state index is -2.41. The van der Waals surface area contributed by atoms with Crippen molar-refractivity contribution >= 4 is 29.7 Å². The number of rotatable bonds is 11. The van der Waals surface area contributed by atoms with Crippen LogP contribution in [0, 0.1) is 0 Å². The lowest BCUT2D eigenvalue weighted by Gasteiger charge is -2.39. The van der Waals surface area contributed by atoms with Gasteiger partial charge in [0.2, 0.25) is 11.5 Å². The summed E-state index contributed by atoms with van der Waals surface area (Å²) in [6.07, 6.45) is -0.215. The molecular weight excluding hydrogens is 516 g/mol. The monoisotopic (exact) mass is 544 g/mol. The first-order valence-corrected chi connectivity index (χ1v) is 11.7. The molecule has 1 aliphatic carbocycles. The van der Waals surface area contributed by atoms with Crippen LogP contribution in [-0.4, -0.2) is 67.0 Å². The van der Waals surface area contributed by atoms with Crippen LogP contribution in [0.5, 0.6) is 23.0 Å². The molecule has 1 saturated carbocycles. The molecular formula is C27H28O12. The molecule has 1 aliphatic rings. The Kier molecular flexibility index (Phi) is 9.43. The van der Waals surface area contributed by atoms with Crippen LogP contribution in [0.4, 0.5) is 0 Å². The number of phenols is 2. The van der Waals surface area contributed by atoms with Gasteiger partial charge in [0.1, 0.15) is 18.3 Å². The first kappa shape index (κ1) is 29.3. The highest BCUT2D eigenvalue weighted by atomic mass is 17.2. The van der Waals surface area contributed by atoms with Gasteiger partial charge in [-0.1, -0.05) is 24.3 Å². The first-order chi connectivity index (χ1) is 18.4. The van der Waals surface area contributed by atoms with Crippen molar-refractivity contribution in [1.29, 1.82) is 0 Å². The van der Waals surface area contributed by atoms with Gasteiger partial charge in [0.15, 0.2) is 28.7 Å². The van der Waals surface area contributed by atoms with Crippen LogP contribution in [0.25, 0.3) is 12.2 Å². The van der Waals surface area contributed by atoms with Gasteiger partial charge in [-0.2, -0.15) is 9.78 Å². The molecule has 5 N–H and O–H groups in total. The van der Waals surface area contributed by atoms with Gasteiger partial charge in [0.05, 0.1) is 0 Å². The SMILES string of the molecule is CC(=O)/C=C/c1ccc(O)c(OO[C@H]2CC(O)(C(=O)O)C[C@H](OOc3cc(/C=C/C(C)=O)ccc3O)C2O)c1. The molecule has 12 heteroatoms. The summed E-state index contributed by atoms with van der Waals surface area (Å²) in [6, 6.07) is 8.22. The van der Waals surface area contributed by atoms with Crippen molar-refractivity contribution in [2.75, 3.05) is 0 Å². The zero-order chi connectivity index (χ0) is 28.7. The van der Waals surface area contributed by atoms with Gasteiger partial charge >= 0.3 is 5.97 Å². The summed E-state index contributed by atoms with van der Waals surface area (Å²) in [4.78, 5) is 54.9. The number of allylic oxidation sites excluding steroid dienone is 2. The first-order valence-electron chi connectivity index (χ1n) is 11.7. The topological polar surface area (TPSA) is 189 Å². The van der Waals surface area contributed by atoms with Crippen LogP contribution < -0.4 is 9.78 Å². The fourth-order valence-corrected chi connectivity index (χ4v) is 3.64. The van der Waals surface area contributed by atoms with Gasteiger partial charge in [-0.3, -0.25) is 9.59 Å². The Morgan fingerprint density at radius 2 is 1.23 bits per heavy atom. The van der Waals surface area contributed by atoms with Crippen molar-refractivity contribution in [3.05, 3.63) is 59.7 Å². The molecule has 2 aromatic rings. The third kappa shape index (κ3) is 7.88. The van der Waals surface area contributed by atoms with E-state index < -0.39 is 42.7 Å². The Balaban J connectivity index is 1.76. The fourth-order valence-electron chi connectivity index (χ4n) is 3.64. The molecule has 12 nitrogen and oxygen atoms in total. The van der Waals surface area contributed by atoms with Crippen molar-refractivity contribution in [3.63, 3.8) is 0 Å². The molecule has 0 aromatic heterocycles. The normalized spacial score (nSPS) is 23.1. The number of carbonyl (C=O) groups excluding carboxylic acids is 2. The molecule has 39 heavy (non-hydrogen) atoms. The number of phenolic OH excluding ortho intramolecular Hbond substituents is 2. The summed E-state index contributed by atoms with van der Waals surface area (Å²) in [7, 11) is 0. The average molecular weight is 545 g/mol. The fraction of sp³-hybridized carbons (Fsp3) is 0.296. The predicted molar refractivity (Wildman–Crippen MR) is 134 cm³/mol. The highest BCUT2D eigenvalue weighted by Gasteiger charge is 2.52. The maximum Gasteiger partial charge on any atom is 0.335 e. The van der Waals surface area contributed by atoms with E-state index in [-0.39, 0.29) is 34.6 Å². The minimum Gasteiger partial charge on any atom is -0.504 e. The number of hydrogen-bond donors (Lipinski definition) is 5. The molecule has 0 radical (unpaired) electrons. The molecule has 0 bridgehead atoms. The minimum absolute atomic E-state index is 0.202. The second-order valence-electron chi connectivity index (χ2n) is 9.01. The van der Waals surface area contributed by atoms with E-state index >= 15 is 0 Å². The lowest BCUT2D eigenvalue weighted by Crippen LogP contribution is -2.57. The molecule has 1 fully saturated rings. The quantitative estimate of drug-likeness (QED) is 0.158. The Morgan fingerprint density at radius 1 is 0.821 bits per heavy atom. The molecule has 0 unspecified atom stereocenters. The van der Waals surface area contributed by atoms with Crippen LogP contribution in [0.2, 0.25) is 0 Å². The number of aromatic hydroxyl groups is 2. The van der Waals surface area contributed by atoms with Crippen molar-refractivity contribution in [2.45, 2.75) is 50.6 Å². The molecule has 0 spiro atoms. The van der Waals surface area contributed by atoms with Crippen LogP contribution in [0.3, 0.4) is 0 Å². The number of aliphatic hydroxyl groups excluding tert-OH is 1. The Morgan fingerprint density at radius 3 is 1.59 bits per heavy atom. The maximum atomic E-state index is 11.8. The van der Waals surface area contributed by atoms with E-state index in [2.05, 4.69) is 0 Å². The van der Waals surface area contributed by atoms with E-state index in [9.17, 15) is 39.9 Å². The van der Waals surface area contributed by atoms with Crippen LogP contribution >= 0.6 is 0 Å². The molecule has 0 saturated heterocycles. The summed E-state index contributed by atoms with van der Waals surface area (Å²) in [5.41, 5.74) is -1.46. The number of carboxylic acids is 1. The smallest absolute Gasteiger partial charge is 0.335 e. The molecule has 0 amide bonds. The number of ketones is 2. The van der Waals surface area contributed by atoms with E-state index in [4.69, 9.17) is 19.6 Å². The van der Waals surface area contributed by atoms with Gasteiger partial charge < -0.3 is 35.3 Å². The lowest BCUT2D eigenvalue weighted by atomic mass is 9.79. The molecule has 208 valence electrons. The summed E-state index contributed by atoms with van der Waals surface area (Å²) in [5.74, 6) is -3.13. The van der Waals surface area contributed by atoms with E-state index in [1.54, 1.807) is 0 Å². The number of hydrogen-bond acceptors (Lipinski definition) is 11. The lowest BCUT2D eigenvalue weighted by molar-refractivity contribution is -0.336. The molecule has 0 aliphatic heterocycles. The predicted octanol–water partition coefficient (Wildman–Crippen LogP) is 2.33. The number of carboxylic acid groups (broad SMARTS) is 1. The zero-order valence-electron chi connectivity index (χ0n) is 21.0. The third-order valence-corrected chi connectivity index (χ3v) is 5.75. The van der Waals surface area contributed by atoms with E-state index in [0.29, 0.717) is 11.1 Å². The summed E-state index contributed by atoms with van der Waals surface area (Å²) >= 11 is 0. The second kappa shape index (κ2) is 12.5. The standard InChI is InChI=1S/C27H28O12/c1-15(28)3-5-17-7-9-19(30)21(11-17)36-38-23-13-27(35,26(33)34)14-24(25(23)32)39-37-22-12-18(6-4-16(2)29)8-10-20(22)31/h3-12,23-25,30-32,35H,13-14H2,1-2H3,(H,33,34)/b5-3+,6-4+/t23-,24-,25?,27?/m0/s1. The number of aliphatic carboxylic acids is 1. The Bertz CT molecular complexity index is 1190. The van der Waals surface area contributed by atoms with E-state index in [1.807, 2.05) is 0 Å². The van der Waals surface area contributed by atoms with Gasteiger partial charge in [-0.25, -0.2) is 4.79 Å². The summed E-state index contributed by atoms with van der Waals surface area (Å²) in [5, 5.41) is 51.2. The maximum absolute atomic E-state index is 11.8. The Hall–Kier alpha value is -4.23. The van der Waals surface area contributed by atoms with Crippen LogP contribution in [-0.2, 0) is 24.2 Å². The van der Waals surface area contributed by atoms with E-state index in [1.165, 1.54) is 74.5 Å². The molecule has 2 atom stereocenters. The van der Waals surface area contributed by atoms with Gasteiger partial charge in [-0.15, -0.1) is 0 Å². The third-order valence-electron chi connectivity index (χ3n) is 5.75. The molecule has 3 rings (SSSR count). The number of aliphatic hydroxyl groups is 2. The number of carbonyl (C=O) groups is 3. The van der Waals surface area contributed by atoms with Crippen LogP contribution in [0.15, 0.2) is 48.6 Å².